The molecule has 0 heterocycles. The van der Waals surface area contributed by atoms with Crippen molar-refractivity contribution in [3.05, 3.63) is 0 Å². The van der Waals surface area contributed by atoms with Crippen molar-refractivity contribution in [2.75, 3.05) is 0 Å². The van der Waals surface area contributed by atoms with Crippen molar-refractivity contribution in [3.8, 4) is 0 Å². The van der Waals surface area contributed by atoms with Crippen molar-refractivity contribution in [3.63, 3.8) is 0 Å². The second kappa shape index (κ2) is 2.22. The molecule has 4 unspecified atom stereocenters. The molecule has 0 spiro atoms. The van der Waals surface area contributed by atoms with Crippen LogP contribution in [0.3, 0.4) is 0 Å². The van der Waals surface area contributed by atoms with Crippen LogP contribution in [0.15, 0.2) is 0 Å². The summed E-state index contributed by atoms with van der Waals surface area (Å²) >= 11 is 0. The van der Waals surface area contributed by atoms with Crippen molar-refractivity contribution in [1.29, 1.82) is 0 Å². The smallest absolute Gasteiger partial charge is 0.155 e. The quantitative estimate of drug-likeness (QED) is 0.547. The zero-order chi connectivity index (χ0) is 11.4. The van der Waals surface area contributed by atoms with Crippen molar-refractivity contribution < 1.29 is 8.78 Å². The maximum Gasteiger partial charge on any atom is 0.155 e. The molecule has 0 amide bonds. The van der Waals surface area contributed by atoms with Crippen LogP contribution in [0, 0.1) is 22.7 Å². The van der Waals surface area contributed by atoms with Gasteiger partial charge in [-0.25, -0.2) is 8.78 Å². The number of fused-ring (bicyclic) bond motifs is 9. The summed E-state index contributed by atoms with van der Waals surface area (Å²) in [4.78, 5) is 0. The highest BCUT2D eigenvalue weighted by molar-refractivity contribution is 5.35. The molecule has 4 fully saturated rings. The van der Waals surface area contributed by atoms with Gasteiger partial charge < -0.3 is 0 Å². The van der Waals surface area contributed by atoms with Crippen molar-refractivity contribution >= 4 is 0 Å². The van der Waals surface area contributed by atoms with Crippen molar-refractivity contribution in [1.82, 2.24) is 0 Å². The summed E-state index contributed by atoms with van der Waals surface area (Å²) in [6.45, 7) is 4.03. The van der Waals surface area contributed by atoms with E-state index in [4.69, 9.17) is 0 Å². The van der Waals surface area contributed by atoms with Crippen LogP contribution >= 0.6 is 0 Å². The first-order valence-electron chi connectivity index (χ1n) is 6.75. The topological polar surface area (TPSA) is 0 Å². The van der Waals surface area contributed by atoms with Crippen LogP contribution in [0.1, 0.15) is 52.4 Å². The van der Waals surface area contributed by atoms with Gasteiger partial charge in [-0.2, -0.15) is 0 Å². The lowest BCUT2D eigenvalue weighted by Gasteiger charge is -2.53. The first-order valence-corrected chi connectivity index (χ1v) is 6.75. The molecule has 4 aliphatic rings. The zero-order valence-corrected chi connectivity index (χ0v) is 10.2. The summed E-state index contributed by atoms with van der Waals surface area (Å²) < 4.78 is 31.1. The van der Waals surface area contributed by atoms with Crippen LogP contribution < -0.4 is 0 Å². The molecule has 4 saturated carbocycles. The van der Waals surface area contributed by atoms with Crippen LogP contribution in [0.5, 0.6) is 0 Å². The fraction of sp³-hybridized carbons (Fsp3) is 1.00. The van der Waals surface area contributed by atoms with Gasteiger partial charge in [0.05, 0.1) is 0 Å². The average molecular weight is 226 g/mol. The van der Waals surface area contributed by atoms with Gasteiger partial charge >= 0.3 is 0 Å². The largest absolute Gasteiger partial charge is 0.240 e. The molecule has 90 valence electrons. The highest BCUT2D eigenvalue weighted by atomic mass is 19.2. The predicted octanol–water partition coefficient (Wildman–Crippen LogP) is 4.04. The van der Waals surface area contributed by atoms with E-state index >= 15 is 8.78 Å². The van der Waals surface area contributed by atoms with E-state index in [0.29, 0.717) is 0 Å². The highest BCUT2D eigenvalue weighted by Gasteiger charge is 2.87. The zero-order valence-electron chi connectivity index (χ0n) is 10.2. The summed E-state index contributed by atoms with van der Waals surface area (Å²) in [7, 11) is 0. The molecular formula is C14H20F2. The molecule has 4 rings (SSSR count). The molecule has 0 N–H and O–H groups in total. The number of hydrogen-bond donors (Lipinski definition) is 0. The van der Waals surface area contributed by atoms with Crippen LogP contribution in [0.2, 0.25) is 0 Å². The fourth-order valence-corrected chi connectivity index (χ4v) is 6.37. The van der Waals surface area contributed by atoms with E-state index in [1.54, 1.807) is 0 Å². The highest BCUT2D eigenvalue weighted by Crippen LogP contribution is 2.82. The maximum atomic E-state index is 15.7. The summed E-state index contributed by atoms with van der Waals surface area (Å²) in [6, 6.07) is 0. The summed E-state index contributed by atoms with van der Waals surface area (Å²) in [5.74, 6) is 0.0456. The fourth-order valence-electron chi connectivity index (χ4n) is 6.37. The Labute approximate surface area is 95.8 Å². The van der Waals surface area contributed by atoms with Gasteiger partial charge in [0.2, 0.25) is 0 Å². The normalized spacial score (nSPS) is 71.2. The molecule has 0 nitrogen and oxygen atoms in total. The van der Waals surface area contributed by atoms with Gasteiger partial charge in [-0.3, -0.25) is 0 Å². The molecule has 0 aromatic carbocycles. The SMILES string of the molecule is CC12CCC(C1)C1(F)C3CCC(C)(C3)C21F. The van der Waals surface area contributed by atoms with Crippen molar-refractivity contribution in [2.45, 2.75) is 63.7 Å². The Morgan fingerprint density at radius 3 is 1.69 bits per heavy atom. The van der Waals surface area contributed by atoms with E-state index in [1.165, 1.54) is 0 Å². The molecular weight excluding hydrogens is 206 g/mol. The Balaban J connectivity index is 1.99. The Bertz CT molecular complexity index is 349. The average Bonchev–Trinajstić information content (AvgIpc) is 2.87. The third-order valence-electron chi connectivity index (χ3n) is 6.86. The number of alkyl halides is 2. The van der Waals surface area contributed by atoms with Gasteiger partial charge in [-0.05, 0) is 50.4 Å². The molecule has 4 bridgehead atoms. The lowest BCUT2D eigenvalue weighted by molar-refractivity contribution is -0.172. The Morgan fingerprint density at radius 1 is 0.875 bits per heavy atom. The van der Waals surface area contributed by atoms with Gasteiger partial charge in [-0.15, -0.1) is 0 Å². The number of halogens is 2. The summed E-state index contributed by atoms with van der Waals surface area (Å²) in [5.41, 5.74) is -3.71. The van der Waals surface area contributed by atoms with Crippen LogP contribution in [-0.4, -0.2) is 11.3 Å². The van der Waals surface area contributed by atoms with Crippen LogP contribution in [0.4, 0.5) is 8.78 Å². The minimum Gasteiger partial charge on any atom is -0.240 e. The molecule has 4 aliphatic carbocycles. The third-order valence-corrected chi connectivity index (χ3v) is 6.86. The molecule has 0 radical (unpaired) electrons. The van der Waals surface area contributed by atoms with Gasteiger partial charge in [0.25, 0.3) is 0 Å². The Hall–Kier alpha value is -0.140. The van der Waals surface area contributed by atoms with E-state index < -0.39 is 11.3 Å². The Morgan fingerprint density at radius 2 is 1.31 bits per heavy atom. The van der Waals surface area contributed by atoms with E-state index in [9.17, 15) is 0 Å². The van der Waals surface area contributed by atoms with Gasteiger partial charge in [0, 0.05) is 10.8 Å². The summed E-state index contributed by atoms with van der Waals surface area (Å²) in [5, 5.41) is 0. The predicted molar refractivity (Wildman–Crippen MR) is 58.6 cm³/mol. The molecule has 0 aliphatic heterocycles. The van der Waals surface area contributed by atoms with E-state index in [2.05, 4.69) is 0 Å². The molecule has 0 aromatic rings. The monoisotopic (exact) mass is 226 g/mol. The van der Waals surface area contributed by atoms with E-state index in [1.807, 2.05) is 13.8 Å². The minimum absolute atomic E-state index is 0.0228. The molecule has 0 saturated heterocycles. The minimum atomic E-state index is -1.52. The third kappa shape index (κ3) is 0.619. The number of rotatable bonds is 0. The first-order chi connectivity index (χ1) is 7.37. The van der Waals surface area contributed by atoms with Gasteiger partial charge in [0.1, 0.15) is 0 Å². The van der Waals surface area contributed by atoms with Gasteiger partial charge in [-0.1, -0.05) is 13.8 Å². The Kier molecular flexibility index (Phi) is 1.37. The number of hydrogen-bond acceptors (Lipinski definition) is 0. The van der Waals surface area contributed by atoms with Gasteiger partial charge in [0.15, 0.2) is 11.3 Å². The first kappa shape index (κ1) is 9.85. The van der Waals surface area contributed by atoms with Crippen LogP contribution in [0.25, 0.3) is 0 Å². The maximum absolute atomic E-state index is 15.7. The summed E-state index contributed by atoms with van der Waals surface area (Å²) in [6.07, 6.45) is 5.25. The van der Waals surface area contributed by atoms with Crippen molar-refractivity contribution in [2.24, 2.45) is 22.7 Å². The van der Waals surface area contributed by atoms with Crippen LogP contribution in [-0.2, 0) is 0 Å². The lowest BCUT2D eigenvalue weighted by atomic mass is 9.56. The van der Waals surface area contributed by atoms with E-state index in [0.717, 1.165) is 38.5 Å². The second-order valence-electron chi connectivity index (χ2n) is 7.43. The van der Waals surface area contributed by atoms with E-state index in [-0.39, 0.29) is 22.7 Å². The molecule has 16 heavy (non-hydrogen) atoms. The standard InChI is InChI=1S/C14H20F2/c1-11-5-3-9(7-11)13(15)10-4-6-12(2,8-10)14(11,13)16/h9-10H,3-8H2,1-2H3. The molecule has 2 heteroatoms. The lowest BCUT2D eigenvalue weighted by Crippen LogP contribution is -2.62. The molecule has 4 atom stereocenters. The second-order valence-corrected chi connectivity index (χ2v) is 7.43. The molecule has 0 aromatic heterocycles.